The van der Waals surface area contributed by atoms with Crippen molar-refractivity contribution >= 4 is 40.9 Å². The van der Waals surface area contributed by atoms with Gasteiger partial charge in [-0.2, -0.15) is 0 Å². The first-order chi connectivity index (χ1) is 26.7. The summed E-state index contributed by atoms with van der Waals surface area (Å²) < 4.78 is 22.4. The van der Waals surface area contributed by atoms with Gasteiger partial charge in [0.25, 0.3) is 18.3 Å². The van der Waals surface area contributed by atoms with Crippen LogP contribution in [0.4, 0.5) is 5.82 Å². The fourth-order valence-corrected chi connectivity index (χ4v) is 6.90. The second-order valence-electron chi connectivity index (χ2n) is 13.0. The van der Waals surface area contributed by atoms with E-state index in [1.165, 1.54) is 18.2 Å². The van der Waals surface area contributed by atoms with Crippen molar-refractivity contribution in [1.29, 1.82) is 0 Å². The van der Waals surface area contributed by atoms with Gasteiger partial charge in [0, 0.05) is 74.7 Å². The van der Waals surface area contributed by atoms with Crippen LogP contribution in [0.5, 0.6) is 23.1 Å². The summed E-state index contributed by atoms with van der Waals surface area (Å²) in [7, 11) is 6.23. The van der Waals surface area contributed by atoms with Crippen LogP contribution < -0.4 is 29.2 Å². The van der Waals surface area contributed by atoms with E-state index in [0.717, 1.165) is 36.2 Å². The Labute approximate surface area is 319 Å². The quantitative estimate of drug-likeness (QED) is 0.272. The van der Waals surface area contributed by atoms with Gasteiger partial charge in [0.15, 0.2) is 11.5 Å². The van der Waals surface area contributed by atoms with Gasteiger partial charge in [-0.3, -0.25) is 24.2 Å². The van der Waals surface area contributed by atoms with Crippen LogP contribution in [0.3, 0.4) is 0 Å². The van der Waals surface area contributed by atoms with Crippen molar-refractivity contribution in [3.8, 4) is 23.1 Å². The number of aromatic nitrogens is 3. The molecule has 292 valence electrons. The highest BCUT2D eigenvalue weighted by Gasteiger charge is 2.29. The number of piperidine rings is 1. The molecule has 2 N–H and O–H groups in total. The van der Waals surface area contributed by atoms with E-state index in [0.29, 0.717) is 73.2 Å². The summed E-state index contributed by atoms with van der Waals surface area (Å²) >= 11 is 0. The molecule has 0 aliphatic carbocycles. The molecular weight excluding hydrogens is 710 g/mol. The zero-order valence-corrected chi connectivity index (χ0v) is 31.5. The predicted molar refractivity (Wildman–Crippen MR) is 203 cm³/mol. The number of pyridine rings is 3. The molecule has 0 saturated carbocycles. The van der Waals surface area contributed by atoms with E-state index in [2.05, 4.69) is 20.2 Å². The van der Waals surface area contributed by atoms with E-state index in [-0.39, 0.29) is 48.9 Å². The van der Waals surface area contributed by atoms with Crippen molar-refractivity contribution in [2.75, 3.05) is 72.6 Å². The van der Waals surface area contributed by atoms with E-state index >= 15 is 0 Å². The second-order valence-corrected chi connectivity index (χ2v) is 13.0. The van der Waals surface area contributed by atoms with Gasteiger partial charge in [-0.15, -0.1) is 0 Å². The monoisotopic (exact) mass is 757 g/mol. The summed E-state index contributed by atoms with van der Waals surface area (Å²) in [4.78, 5) is 68.7. The maximum atomic E-state index is 14.3. The van der Waals surface area contributed by atoms with Gasteiger partial charge >= 0.3 is 0 Å². The number of ether oxygens (including phenoxy) is 4. The number of rotatable bonds is 6. The Bertz CT molecular complexity index is 1950. The zero-order valence-electron chi connectivity index (χ0n) is 31.5. The van der Waals surface area contributed by atoms with Crippen molar-refractivity contribution in [1.82, 2.24) is 30.1 Å². The number of methoxy groups -OCH3 is 4. The molecule has 4 aromatic rings. The lowest BCUT2D eigenvalue weighted by atomic mass is 9.97. The maximum Gasteiger partial charge on any atom is 0.290 e. The average Bonchev–Trinajstić information content (AvgIpc) is 3.22. The molecule has 1 unspecified atom stereocenters. The Hall–Kier alpha value is -6.19. The standard InChI is InChI=1S/C38H45N7O7.CH2O2/c1-49-31-19-30-28(34(51-3)35(31)52-4)18-27-23-44(37(47)26-12-13-33(50-2)41-21-26)15-7-8-16-45(38(48)29-11-5-6-14-39-29)24-32(46)40-20-25-10-9-17-43(22-25)36(27)42-30;2-1-3/h5-6,11-14,18-19,21,25H,7-10,15-17,20,22-24H2,1-4H3,(H,40,46);1H,(H,2,3). The van der Waals surface area contributed by atoms with Crippen LogP contribution in [0, 0.1) is 5.92 Å². The molecule has 16 nitrogen and oxygen atoms in total. The molecule has 3 amide bonds. The van der Waals surface area contributed by atoms with Gasteiger partial charge in [-0.25, -0.2) is 9.97 Å². The first kappa shape index (κ1) is 40.0. The number of carbonyl (C=O) groups is 4. The summed E-state index contributed by atoms with van der Waals surface area (Å²) in [6, 6.07) is 12.4. The van der Waals surface area contributed by atoms with Crippen LogP contribution in [0.2, 0.25) is 0 Å². The van der Waals surface area contributed by atoms with Crippen LogP contribution in [-0.4, -0.2) is 122 Å². The molecule has 1 aromatic carbocycles. The molecule has 2 aliphatic heterocycles. The SMILES string of the molecule is COc1ccc(C(=O)N2CCCCN(C(=O)c3ccccn3)CC(=O)NCC3CCCN(C3)c3nc4cc(OC)c(OC)c(OC)c4cc3C2)cn1.O=CO. The topological polar surface area (TPSA) is 186 Å². The largest absolute Gasteiger partial charge is 0.493 e. The van der Waals surface area contributed by atoms with Crippen molar-refractivity contribution in [3.63, 3.8) is 0 Å². The number of hydrogen-bond donors (Lipinski definition) is 2. The number of fused-ring (bicyclic) bond motifs is 5. The zero-order chi connectivity index (χ0) is 39.3. The maximum absolute atomic E-state index is 14.3. The summed E-state index contributed by atoms with van der Waals surface area (Å²) in [6.07, 6.45) is 5.98. The predicted octanol–water partition coefficient (Wildman–Crippen LogP) is 3.67. The Kier molecular flexibility index (Phi) is 14.0. The Morgan fingerprint density at radius 1 is 0.873 bits per heavy atom. The Morgan fingerprint density at radius 3 is 2.25 bits per heavy atom. The highest BCUT2D eigenvalue weighted by atomic mass is 16.5. The molecule has 1 fully saturated rings. The summed E-state index contributed by atoms with van der Waals surface area (Å²) in [5.74, 6) is 1.97. The molecule has 3 aromatic heterocycles. The number of benzene rings is 1. The number of anilines is 1. The lowest BCUT2D eigenvalue weighted by molar-refractivity contribution is -0.123. The van der Waals surface area contributed by atoms with Crippen molar-refractivity contribution in [2.24, 2.45) is 5.92 Å². The minimum Gasteiger partial charge on any atom is -0.493 e. The summed E-state index contributed by atoms with van der Waals surface area (Å²) in [6.45, 7) is 2.44. The van der Waals surface area contributed by atoms with E-state index in [1.54, 1.807) is 62.8 Å². The molecule has 1 saturated heterocycles. The van der Waals surface area contributed by atoms with E-state index < -0.39 is 0 Å². The molecule has 1 atom stereocenters. The minimum atomic E-state index is -0.314. The second kappa shape index (κ2) is 19.2. The summed E-state index contributed by atoms with van der Waals surface area (Å²) in [5, 5.41) is 10.7. The number of amides is 3. The van der Waals surface area contributed by atoms with Gasteiger partial charge in [0.2, 0.25) is 17.5 Å². The van der Waals surface area contributed by atoms with Gasteiger partial charge in [-0.05, 0) is 55.9 Å². The molecule has 16 heteroatoms. The minimum absolute atomic E-state index is 0.0878. The van der Waals surface area contributed by atoms with E-state index in [4.69, 9.17) is 33.8 Å². The highest BCUT2D eigenvalue weighted by Crippen LogP contribution is 2.44. The average molecular weight is 758 g/mol. The third-order valence-corrected chi connectivity index (χ3v) is 9.54. The number of carbonyl (C=O) groups excluding carboxylic acids is 3. The Morgan fingerprint density at radius 2 is 1.62 bits per heavy atom. The van der Waals surface area contributed by atoms with Gasteiger partial charge in [0.05, 0.1) is 46.1 Å². The molecule has 2 aliphatic rings. The number of hydrogen-bond acceptors (Lipinski definition) is 12. The van der Waals surface area contributed by atoms with Crippen LogP contribution >= 0.6 is 0 Å². The smallest absolute Gasteiger partial charge is 0.290 e. The Balaban J connectivity index is 0.00000187. The van der Waals surface area contributed by atoms with Crippen LogP contribution in [-0.2, 0) is 16.1 Å². The van der Waals surface area contributed by atoms with Crippen LogP contribution in [0.1, 0.15) is 52.1 Å². The van der Waals surface area contributed by atoms with Gasteiger partial charge in [0.1, 0.15) is 11.5 Å². The molecular formula is C39H47N7O9. The van der Waals surface area contributed by atoms with Crippen LogP contribution in [0.25, 0.3) is 10.9 Å². The van der Waals surface area contributed by atoms with Crippen molar-refractivity contribution in [2.45, 2.75) is 32.2 Å². The molecule has 5 heterocycles. The summed E-state index contributed by atoms with van der Waals surface area (Å²) in [5.41, 5.74) is 2.18. The first-order valence-electron chi connectivity index (χ1n) is 18.0. The normalized spacial score (nSPS) is 16.5. The molecule has 55 heavy (non-hydrogen) atoms. The van der Waals surface area contributed by atoms with Crippen molar-refractivity contribution in [3.05, 3.63) is 71.7 Å². The molecule has 0 spiro atoms. The van der Waals surface area contributed by atoms with Crippen LogP contribution in [0.15, 0.2) is 54.9 Å². The number of nitrogens with zero attached hydrogens (tertiary/aromatic N) is 6. The fraction of sp³-hybridized carbons (Fsp3) is 0.410. The number of carboxylic acid groups (broad SMARTS) is 1. The lowest BCUT2D eigenvalue weighted by Gasteiger charge is -2.36. The fourth-order valence-electron chi connectivity index (χ4n) is 6.90. The third kappa shape index (κ3) is 9.68. The highest BCUT2D eigenvalue weighted by molar-refractivity contribution is 5.96. The van der Waals surface area contributed by atoms with Gasteiger partial charge < -0.3 is 44.1 Å². The molecule has 6 rings (SSSR count). The first-order valence-corrected chi connectivity index (χ1v) is 18.0. The van der Waals surface area contributed by atoms with E-state index in [1.807, 2.05) is 12.1 Å². The molecule has 0 radical (unpaired) electrons. The lowest BCUT2D eigenvalue weighted by Crippen LogP contribution is -2.46. The van der Waals surface area contributed by atoms with Crippen molar-refractivity contribution < 1.29 is 43.2 Å². The van der Waals surface area contributed by atoms with Gasteiger partial charge in [-0.1, -0.05) is 6.07 Å². The third-order valence-electron chi connectivity index (χ3n) is 9.54. The molecule has 2 bridgehead atoms. The number of nitrogens with one attached hydrogen (secondary N) is 1. The van der Waals surface area contributed by atoms with E-state index in [9.17, 15) is 14.4 Å².